The Kier molecular flexibility index (Phi) is 3.36. The van der Waals surface area contributed by atoms with E-state index < -0.39 is 0 Å². The molecule has 2 aromatic rings. The van der Waals surface area contributed by atoms with Crippen LogP contribution < -0.4 is 5.73 Å². The lowest BCUT2D eigenvalue weighted by atomic mass is 10.0. The van der Waals surface area contributed by atoms with E-state index in [0.717, 1.165) is 29.9 Å². The minimum atomic E-state index is 0.563. The molecule has 0 aliphatic heterocycles. The van der Waals surface area contributed by atoms with Crippen LogP contribution in [0.25, 0.3) is 11.1 Å². The lowest BCUT2D eigenvalue weighted by Crippen LogP contribution is -2.01. The molecule has 2 aromatic heterocycles. The molecule has 0 unspecified atom stereocenters. The van der Waals surface area contributed by atoms with Crippen molar-refractivity contribution in [2.75, 3.05) is 5.73 Å². The van der Waals surface area contributed by atoms with E-state index in [2.05, 4.69) is 28.6 Å². The Balaban J connectivity index is 2.56. The van der Waals surface area contributed by atoms with Gasteiger partial charge in [-0.1, -0.05) is 6.92 Å². The molecule has 0 aliphatic rings. The number of nitrogens with two attached hydrogens (primary N) is 1. The van der Waals surface area contributed by atoms with Gasteiger partial charge in [0.15, 0.2) is 0 Å². The Hall–Kier alpha value is -1.84. The van der Waals surface area contributed by atoms with Crippen LogP contribution in [0.15, 0.2) is 12.1 Å². The molecule has 96 valence electrons. The second-order valence-electron chi connectivity index (χ2n) is 4.64. The largest absolute Gasteiger partial charge is 0.384 e. The molecular weight excluding hydrogens is 224 g/mol. The molecule has 2 N–H and O–H groups in total. The van der Waals surface area contributed by atoms with E-state index in [4.69, 9.17) is 5.73 Å². The van der Waals surface area contributed by atoms with Crippen molar-refractivity contribution in [3.8, 4) is 11.1 Å². The van der Waals surface area contributed by atoms with Gasteiger partial charge in [-0.25, -0.2) is 4.98 Å². The number of hydrogen-bond donors (Lipinski definition) is 1. The highest BCUT2D eigenvalue weighted by Gasteiger charge is 2.15. The summed E-state index contributed by atoms with van der Waals surface area (Å²) in [5.41, 5.74) is 11.2. The number of anilines is 1. The minimum absolute atomic E-state index is 0.563. The summed E-state index contributed by atoms with van der Waals surface area (Å²) in [7, 11) is 0. The molecular formula is C14H20N4. The molecule has 2 heterocycles. The zero-order valence-corrected chi connectivity index (χ0v) is 11.5. The van der Waals surface area contributed by atoms with E-state index in [1.54, 1.807) is 0 Å². The first-order valence-corrected chi connectivity index (χ1v) is 6.32. The predicted molar refractivity (Wildman–Crippen MR) is 74.4 cm³/mol. The predicted octanol–water partition coefficient (Wildman–Crippen LogP) is 2.86. The zero-order valence-electron chi connectivity index (χ0n) is 11.5. The maximum absolute atomic E-state index is 5.70. The number of pyridine rings is 1. The zero-order chi connectivity index (χ0) is 13.3. The van der Waals surface area contributed by atoms with Crippen LogP contribution in [-0.4, -0.2) is 14.8 Å². The van der Waals surface area contributed by atoms with Gasteiger partial charge in [0.1, 0.15) is 5.82 Å². The smallest absolute Gasteiger partial charge is 0.123 e. The third-order valence-electron chi connectivity index (χ3n) is 3.19. The first-order valence-electron chi connectivity index (χ1n) is 6.32. The first kappa shape index (κ1) is 12.6. The Morgan fingerprint density at radius 2 is 1.89 bits per heavy atom. The third kappa shape index (κ3) is 2.10. The topological polar surface area (TPSA) is 56.7 Å². The molecule has 0 amide bonds. The summed E-state index contributed by atoms with van der Waals surface area (Å²) in [6.07, 6.45) is 1.08. The van der Waals surface area contributed by atoms with Crippen molar-refractivity contribution in [2.45, 2.75) is 40.7 Å². The monoisotopic (exact) mass is 244 g/mol. The molecule has 0 aromatic carbocycles. The maximum Gasteiger partial charge on any atom is 0.123 e. The van der Waals surface area contributed by atoms with Crippen LogP contribution in [0.4, 0.5) is 5.82 Å². The maximum atomic E-state index is 5.70. The molecule has 4 nitrogen and oxygen atoms in total. The highest BCUT2D eigenvalue weighted by atomic mass is 15.3. The summed E-state index contributed by atoms with van der Waals surface area (Å²) in [5.74, 6) is 0.563. The van der Waals surface area contributed by atoms with Crippen LogP contribution in [0.2, 0.25) is 0 Å². The fraction of sp³-hybridized carbons (Fsp3) is 0.429. The number of nitrogen functional groups attached to an aromatic ring is 1. The molecule has 0 atom stereocenters. The summed E-state index contributed by atoms with van der Waals surface area (Å²) in [4.78, 5) is 4.33. The van der Waals surface area contributed by atoms with Crippen molar-refractivity contribution in [3.63, 3.8) is 0 Å². The number of aromatic nitrogens is 3. The van der Waals surface area contributed by atoms with Crippen LogP contribution in [0, 0.1) is 20.8 Å². The van der Waals surface area contributed by atoms with Gasteiger partial charge in [-0.2, -0.15) is 5.10 Å². The molecule has 0 bridgehead atoms. The van der Waals surface area contributed by atoms with Crippen molar-refractivity contribution < 1.29 is 0 Å². The van der Waals surface area contributed by atoms with Gasteiger partial charge in [-0.05, 0) is 39.3 Å². The molecule has 0 aliphatic carbocycles. The Labute approximate surface area is 108 Å². The summed E-state index contributed by atoms with van der Waals surface area (Å²) >= 11 is 0. The summed E-state index contributed by atoms with van der Waals surface area (Å²) < 4.78 is 2.07. The molecule has 0 saturated heterocycles. The van der Waals surface area contributed by atoms with Crippen LogP contribution in [0.1, 0.15) is 30.4 Å². The summed E-state index contributed by atoms with van der Waals surface area (Å²) in [6.45, 7) is 9.26. The van der Waals surface area contributed by atoms with Crippen LogP contribution >= 0.6 is 0 Å². The fourth-order valence-corrected chi connectivity index (χ4v) is 2.36. The molecule has 0 fully saturated rings. The highest BCUT2D eigenvalue weighted by molar-refractivity contribution is 5.71. The Morgan fingerprint density at radius 3 is 2.50 bits per heavy atom. The van der Waals surface area contributed by atoms with E-state index in [1.165, 1.54) is 11.3 Å². The van der Waals surface area contributed by atoms with Crippen molar-refractivity contribution >= 4 is 5.82 Å². The van der Waals surface area contributed by atoms with E-state index in [9.17, 15) is 0 Å². The number of rotatable bonds is 3. The van der Waals surface area contributed by atoms with E-state index in [0.29, 0.717) is 5.82 Å². The van der Waals surface area contributed by atoms with Gasteiger partial charge < -0.3 is 5.73 Å². The van der Waals surface area contributed by atoms with Crippen molar-refractivity contribution in [2.24, 2.45) is 0 Å². The lowest BCUT2D eigenvalue weighted by Gasteiger charge is -2.07. The second kappa shape index (κ2) is 4.80. The number of hydrogen-bond acceptors (Lipinski definition) is 3. The van der Waals surface area contributed by atoms with Gasteiger partial charge >= 0.3 is 0 Å². The van der Waals surface area contributed by atoms with E-state index in [1.807, 2.05) is 26.0 Å². The van der Waals surface area contributed by atoms with Gasteiger partial charge in [-0.3, -0.25) is 4.68 Å². The van der Waals surface area contributed by atoms with Gasteiger partial charge in [0.05, 0.1) is 5.69 Å². The SMILES string of the molecule is CCCn1nc(C)c(-c2ccc(N)nc2C)c1C. The minimum Gasteiger partial charge on any atom is -0.384 e. The molecule has 2 rings (SSSR count). The van der Waals surface area contributed by atoms with Crippen molar-refractivity contribution in [1.82, 2.24) is 14.8 Å². The van der Waals surface area contributed by atoms with Gasteiger partial charge in [0.25, 0.3) is 0 Å². The molecule has 4 heteroatoms. The molecule has 18 heavy (non-hydrogen) atoms. The molecule has 0 radical (unpaired) electrons. The quantitative estimate of drug-likeness (QED) is 0.903. The number of nitrogens with zero attached hydrogens (tertiary/aromatic N) is 3. The average molecular weight is 244 g/mol. The molecule has 0 spiro atoms. The highest BCUT2D eigenvalue weighted by Crippen LogP contribution is 2.29. The lowest BCUT2D eigenvalue weighted by molar-refractivity contribution is 0.583. The van der Waals surface area contributed by atoms with Gasteiger partial charge in [0, 0.05) is 29.1 Å². The van der Waals surface area contributed by atoms with Gasteiger partial charge in [0.2, 0.25) is 0 Å². The first-order chi connectivity index (χ1) is 8.54. The third-order valence-corrected chi connectivity index (χ3v) is 3.19. The Bertz CT molecular complexity index is 569. The fourth-order valence-electron chi connectivity index (χ4n) is 2.36. The normalized spacial score (nSPS) is 10.9. The van der Waals surface area contributed by atoms with Gasteiger partial charge in [-0.15, -0.1) is 0 Å². The van der Waals surface area contributed by atoms with Crippen LogP contribution in [-0.2, 0) is 6.54 Å². The van der Waals surface area contributed by atoms with E-state index in [-0.39, 0.29) is 0 Å². The van der Waals surface area contributed by atoms with Crippen molar-refractivity contribution in [1.29, 1.82) is 0 Å². The second-order valence-corrected chi connectivity index (χ2v) is 4.64. The summed E-state index contributed by atoms with van der Waals surface area (Å²) in [5, 5.41) is 4.60. The van der Waals surface area contributed by atoms with E-state index >= 15 is 0 Å². The summed E-state index contributed by atoms with van der Waals surface area (Å²) in [6, 6.07) is 3.88. The van der Waals surface area contributed by atoms with Crippen LogP contribution in [0.3, 0.4) is 0 Å². The average Bonchev–Trinajstić information content (AvgIpc) is 2.56. The van der Waals surface area contributed by atoms with Crippen LogP contribution in [0.5, 0.6) is 0 Å². The standard InChI is InChI=1S/C14H20N4/c1-5-8-18-11(4)14(10(3)17-18)12-6-7-13(15)16-9(12)2/h6-7H,5,8H2,1-4H3,(H2,15,16). The Morgan fingerprint density at radius 1 is 1.17 bits per heavy atom. The number of aryl methyl sites for hydroxylation is 3. The molecule has 0 saturated carbocycles. The van der Waals surface area contributed by atoms with Crippen molar-refractivity contribution in [3.05, 3.63) is 29.2 Å².